The number of carbonyl (C=O) groups is 2. The van der Waals surface area contributed by atoms with Crippen molar-refractivity contribution < 1.29 is 9.59 Å². The van der Waals surface area contributed by atoms with E-state index in [4.69, 9.17) is 11.6 Å². The summed E-state index contributed by atoms with van der Waals surface area (Å²) in [5, 5.41) is 5.80. The van der Waals surface area contributed by atoms with E-state index < -0.39 is 5.91 Å². The third-order valence-corrected chi connectivity index (χ3v) is 3.50. The van der Waals surface area contributed by atoms with Gasteiger partial charge in [0.15, 0.2) is 0 Å². The number of rotatable bonds is 4. The first kappa shape index (κ1) is 15.5. The van der Waals surface area contributed by atoms with Crippen LogP contribution in [0.1, 0.15) is 6.42 Å². The van der Waals surface area contributed by atoms with E-state index in [1.54, 1.807) is 36.4 Å². The molecule has 0 spiro atoms. The second-order valence-corrected chi connectivity index (χ2v) is 5.55. The largest absolute Gasteiger partial charge is 0.326 e. The molecule has 0 atom stereocenters. The molecule has 6 heteroatoms. The van der Waals surface area contributed by atoms with E-state index in [0.717, 1.165) is 4.47 Å². The molecule has 0 heterocycles. The van der Waals surface area contributed by atoms with Crippen LogP contribution >= 0.6 is 27.5 Å². The van der Waals surface area contributed by atoms with Crippen molar-refractivity contribution in [2.45, 2.75) is 6.42 Å². The van der Waals surface area contributed by atoms with Crippen molar-refractivity contribution in [3.63, 3.8) is 0 Å². The molecule has 2 N–H and O–H groups in total. The minimum absolute atomic E-state index is 0.270. The average Bonchev–Trinajstić information content (AvgIpc) is 2.41. The molecule has 0 aliphatic heterocycles. The lowest BCUT2D eigenvalue weighted by Gasteiger charge is -2.08. The van der Waals surface area contributed by atoms with Gasteiger partial charge in [0.05, 0.1) is 5.69 Å². The van der Waals surface area contributed by atoms with Crippen LogP contribution in [0.5, 0.6) is 0 Å². The van der Waals surface area contributed by atoms with Crippen LogP contribution in [0.4, 0.5) is 11.4 Å². The van der Waals surface area contributed by atoms with E-state index in [0.29, 0.717) is 16.4 Å². The molecule has 0 bridgehead atoms. The molecule has 0 aliphatic carbocycles. The summed E-state index contributed by atoms with van der Waals surface area (Å²) < 4.78 is 0.758. The fraction of sp³-hybridized carbons (Fsp3) is 0.0667. The van der Waals surface area contributed by atoms with E-state index in [-0.39, 0.29) is 12.3 Å². The summed E-state index contributed by atoms with van der Waals surface area (Å²) in [5.74, 6) is -0.789. The second-order valence-electron chi connectivity index (χ2n) is 4.26. The van der Waals surface area contributed by atoms with E-state index in [1.807, 2.05) is 12.1 Å². The zero-order valence-corrected chi connectivity index (χ0v) is 13.2. The number of benzene rings is 2. The van der Waals surface area contributed by atoms with Gasteiger partial charge in [0.1, 0.15) is 6.42 Å². The monoisotopic (exact) mass is 366 g/mol. The zero-order chi connectivity index (χ0) is 15.2. The fourth-order valence-electron chi connectivity index (χ4n) is 1.67. The lowest BCUT2D eigenvalue weighted by molar-refractivity contribution is -0.123. The first-order valence-electron chi connectivity index (χ1n) is 6.14. The topological polar surface area (TPSA) is 58.2 Å². The molecule has 2 rings (SSSR count). The van der Waals surface area contributed by atoms with Crippen molar-refractivity contribution in [2.75, 3.05) is 10.6 Å². The van der Waals surface area contributed by atoms with Gasteiger partial charge in [0, 0.05) is 15.2 Å². The van der Waals surface area contributed by atoms with E-state index in [2.05, 4.69) is 26.6 Å². The minimum Gasteiger partial charge on any atom is -0.326 e. The Balaban J connectivity index is 1.91. The molecule has 0 saturated carbocycles. The van der Waals surface area contributed by atoms with Crippen LogP contribution in [-0.4, -0.2) is 11.8 Å². The van der Waals surface area contributed by atoms with Crippen molar-refractivity contribution >= 4 is 50.7 Å². The molecular formula is C15H12BrClN2O2. The molecule has 2 amide bonds. The molecule has 0 aliphatic rings. The maximum absolute atomic E-state index is 11.8. The Morgan fingerprint density at radius 1 is 1.00 bits per heavy atom. The van der Waals surface area contributed by atoms with Crippen molar-refractivity contribution in [1.82, 2.24) is 0 Å². The van der Waals surface area contributed by atoms with Crippen LogP contribution in [0.15, 0.2) is 53.0 Å². The van der Waals surface area contributed by atoms with Gasteiger partial charge in [-0.25, -0.2) is 0 Å². The molecule has 108 valence electrons. The number of hydrogen-bond donors (Lipinski definition) is 2. The molecule has 21 heavy (non-hydrogen) atoms. The normalized spacial score (nSPS) is 10.0. The van der Waals surface area contributed by atoms with Gasteiger partial charge < -0.3 is 10.6 Å². The van der Waals surface area contributed by atoms with Gasteiger partial charge in [-0.15, -0.1) is 0 Å². The number of anilines is 2. The van der Waals surface area contributed by atoms with Crippen LogP contribution in [0.3, 0.4) is 0 Å². The summed E-state index contributed by atoms with van der Waals surface area (Å²) >= 11 is 9.15. The van der Waals surface area contributed by atoms with Gasteiger partial charge in [-0.3, -0.25) is 9.59 Å². The highest BCUT2D eigenvalue weighted by molar-refractivity contribution is 9.10. The summed E-state index contributed by atoms with van der Waals surface area (Å²) in [6.07, 6.45) is -0.270. The van der Waals surface area contributed by atoms with E-state index in [1.165, 1.54) is 0 Å². The maximum atomic E-state index is 11.8. The van der Waals surface area contributed by atoms with Gasteiger partial charge in [-0.1, -0.05) is 29.8 Å². The summed E-state index contributed by atoms with van der Waals surface area (Å²) in [5.41, 5.74) is 1.18. The first-order valence-corrected chi connectivity index (χ1v) is 7.31. The number of hydrogen-bond acceptors (Lipinski definition) is 2. The Kier molecular flexibility index (Phi) is 5.36. The first-order chi connectivity index (χ1) is 10.0. The standard InChI is InChI=1S/C15H12BrClN2O2/c16-12-6-1-2-7-13(12)19-15(21)9-14(20)18-11-5-3-4-10(17)8-11/h1-8H,9H2,(H,18,20)(H,19,21). The third kappa shape index (κ3) is 4.88. The van der Waals surface area contributed by atoms with Crippen molar-refractivity contribution in [2.24, 2.45) is 0 Å². The van der Waals surface area contributed by atoms with Gasteiger partial charge in [-0.05, 0) is 46.3 Å². The highest BCUT2D eigenvalue weighted by atomic mass is 79.9. The summed E-state index contributed by atoms with van der Waals surface area (Å²) in [7, 11) is 0. The molecule has 0 aromatic heterocycles. The lowest BCUT2D eigenvalue weighted by atomic mass is 10.3. The number of amides is 2. The highest BCUT2D eigenvalue weighted by Gasteiger charge is 2.11. The van der Waals surface area contributed by atoms with Crippen molar-refractivity contribution in [1.29, 1.82) is 0 Å². The van der Waals surface area contributed by atoms with Crippen LogP contribution in [0.25, 0.3) is 0 Å². The molecule has 0 saturated heterocycles. The zero-order valence-electron chi connectivity index (χ0n) is 10.9. The van der Waals surface area contributed by atoms with Crippen LogP contribution in [-0.2, 0) is 9.59 Å². The summed E-state index contributed by atoms with van der Waals surface area (Å²) in [6, 6.07) is 13.9. The molecule has 0 fully saturated rings. The smallest absolute Gasteiger partial charge is 0.233 e. The minimum atomic E-state index is -0.401. The van der Waals surface area contributed by atoms with Crippen molar-refractivity contribution in [3.8, 4) is 0 Å². The highest BCUT2D eigenvalue weighted by Crippen LogP contribution is 2.21. The molecular weight excluding hydrogens is 356 g/mol. The van der Waals surface area contributed by atoms with Crippen molar-refractivity contribution in [3.05, 3.63) is 58.0 Å². The molecule has 2 aromatic rings. The Bertz CT molecular complexity index is 676. The van der Waals surface area contributed by atoms with E-state index >= 15 is 0 Å². The van der Waals surface area contributed by atoms with Crippen LogP contribution in [0.2, 0.25) is 5.02 Å². The van der Waals surface area contributed by atoms with Crippen LogP contribution < -0.4 is 10.6 Å². The molecule has 0 radical (unpaired) electrons. The van der Waals surface area contributed by atoms with Crippen LogP contribution in [0, 0.1) is 0 Å². The van der Waals surface area contributed by atoms with Gasteiger partial charge >= 0.3 is 0 Å². The van der Waals surface area contributed by atoms with Gasteiger partial charge in [-0.2, -0.15) is 0 Å². The number of nitrogens with one attached hydrogen (secondary N) is 2. The third-order valence-electron chi connectivity index (χ3n) is 2.58. The fourth-order valence-corrected chi connectivity index (χ4v) is 2.25. The lowest BCUT2D eigenvalue weighted by Crippen LogP contribution is -2.21. The quantitative estimate of drug-likeness (QED) is 0.800. The Hall–Kier alpha value is -1.85. The second kappa shape index (κ2) is 7.24. The van der Waals surface area contributed by atoms with E-state index in [9.17, 15) is 9.59 Å². The van der Waals surface area contributed by atoms with Gasteiger partial charge in [0.2, 0.25) is 11.8 Å². The number of carbonyl (C=O) groups excluding carboxylic acids is 2. The molecule has 0 unspecified atom stereocenters. The predicted octanol–water partition coefficient (Wildman–Crippen LogP) is 4.07. The summed E-state index contributed by atoms with van der Waals surface area (Å²) in [6.45, 7) is 0. The average molecular weight is 368 g/mol. The summed E-state index contributed by atoms with van der Waals surface area (Å²) in [4.78, 5) is 23.6. The SMILES string of the molecule is O=C(CC(=O)Nc1ccccc1Br)Nc1cccc(Cl)c1. The number of para-hydroxylation sites is 1. The predicted molar refractivity (Wildman–Crippen MR) is 87.5 cm³/mol. The Labute approximate surface area is 135 Å². The van der Waals surface area contributed by atoms with Gasteiger partial charge in [0.25, 0.3) is 0 Å². The Morgan fingerprint density at radius 2 is 1.71 bits per heavy atom. The maximum Gasteiger partial charge on any atom is 0.233 e. The molecule has 4 nitrogen and oxygen atoms in total. The number of halogens is 2. The Morgan fingerprint density at radius 3 is 2.43 bits per heavy atom. The molecule has 2 aromatic carbocycles.